The molecule has 13 heavy (non-hydrogen) atoms. The Hall–Kier alpha value is -0.0800. The first kappa shape index (κ1) is 11.0. The fourth-order valence-corrected chi connectivity index (χ4v) is 1.29. The van der Waals surface area contributed by atoms with E-state index in [9.17, 15) is 0 Å². The lowest BCUT2D eigenvalue weighted by atomic mass is 10.1. The van der Waals surface area contributed by atoms with E-state index in [1.165, 1.54) is 12.8 Å². The van der Waals surface area contributed by atoms with Crippen molar-refractivity contribution in [2.75, 3.05) is 6.54 Å². The molecule has 78 valence electrons. The van der Waals surface area contributed by atoms with Crippen molar-refractivity contribution in [3.05, 3.63) is 0 Å². The van der Waals surface area contributed by atoms with Crippen LogP contribution in [0.3, 0.4) is 0 Å². The number of rotatable bonds is 6. The first-order chi connectivity index (χ1) is 6.03. The molecule has 1 atom stereocenters. The third-order valence-electron chi connectivity index (χ3n) is 2.64. The molecule has 0 aromatic rings. The van der Waals surface area contributed by atoms with Gasteiger partial charge in [0.15, 0.2) is 0 Å². The second-order valence-electron chi connectivity index (χ2n) is 4.72. The highest BCUT2D eigenvalue weighted by Gasteiger charge is 2.23. The summed E-state index contributed by atoms with van der Waals surface area (Å²) in [7, 11) is 0. The van der Waals surface area contributed by atoms with Crippen molar-refractivity contribution in [1.29, 1.82) is 0 Å². The molecule has 0 radical (unpaired) electrons. The van der Waals surface area contributed by atoms with Gasteiger partial charge in [-0.2, -0.15) is 0 Å². The summed E-state index contributed by atoms with van der Waals surface area (Å²) in [6, 6.07) is 0.788. The van der Waals surface area contributed by atoms with Crippen molar-refractivity contribution in [3.8, 4) is 0 Å². The van der Waals surface area contributed by atoms with Gasteiger partial charge in [-0.05, 0) is 40.0 Å². The Morgan fingerprint density at radius 3 is 2.54 bits per heavy atom. The van der Waals surface area contributed by atoms with Crippen LogP contribution in [0.4, 0.5) is 0 Å². The zero-order chi connectivity index (χ0) is 9.90. The van der Waals surface area contributed by atoms with Crippen molar-refractivity contribution in [3.63, 3.8) is 0 Å². The van der Waals surface area contributed by atoms with Gasteiger partial charge in [-0.25, -0.2) is 0 Å². The minimum Gasteiger partial charge on any atom is -0.371 e. The largest absolute Gasteiger partial charge is 0.371 e. The normalized spacial score (nSPS) is 20.3. The van der Waals surface area contributed by atoms with E-state index in [0.717, 1.165) is 19.0 Å². The van der Waals surface area contributed by atoms with Gasteiger partial charge in [-0.3, -0.25) is 0 Å². The highest BCUT2D eigenvalue weighted by molar-refractivity contribution is 4.82. The number of hydrogen-bond donors (Lipinski definition) is 1. The average Bonchev–Trinajstić information content (AvgIpc) is 2.83. The van der Waals surface area contributed by atoms with E-state index in [1.807, 2.05) is 0 Å². The number of hydrogen-bond acceptors (Lipinski definition) is 2. The van der Waals surface area contributed by atoms with Crippen LogP contribution in [0.5, 0.6) is 0 Å². The summed E-state index contributed by atoms with van der Waals surface area (Å²) in [4.78, 5) is 0. The number of nitrogens with one attached hydrogen (secondary N) is 1. The van der Waals surface area contributed by atoms with E-state index in [2.05, 4.69) is 33.0 Å². The molecule has 1 rings (SSSR count). The van der Waals surface area contributed by atoms with Crippen molar-refractivity contribution in [2.45, 2.75) is 64.7 Å². The Morgan fingerprint density at radius 1 is 1.46 bits per heavy atom. The van der Waals surface area contributed by atoms with Gasteiger partial charge in [0.05, 0.1) is 11.7 Å². The summed E-state index contributed by atoms with van der Waals surface area (Å²) in [5, 5.41) is 3.48. The molecule has 1 saturated carbocycles. The highest BCUT2D eigenvalue weighted by atomic mass is 16.5. The van der Waals surface area contributed by atoms with Crippen LogP contribution in [0.25, 0.3) is 0 Å². The minimum atomic E-state index is 0.0324. The molecule has 1 N–H and O–H groups in total. The Kier molecular flexibility index (Phi) is 3.74. The lowest BCUT2D eigenvalue weighted by Crippen LogP contribution is -2.35. The molecular weight excluding hydrogens is 162 g/mol. The molecule has 0 aliphatic heterocycles. The molecule has 1 fully saturated rings. The fourth-order valence-electron chi connectivity index (χ4n) is 1.29. The van der Waals surface area contributed by atoms with Gasteiger partial charge >= 0.3 is 0 Å². The third-order valence-corrected chi connectivity index (χ3v) is 2.64. The van der Waals surface area contributed by atoms with Crippen LogP contribution in [0, 0.1) is 0 Å². The van der Waals surface area contributed by atoms with Gasteiger partial charge in [0.2, 0.25) is 0 Å². The Bertz CT molecular complexity index is 152. The smallest absolute Gasteiger partial charge is 0.0678 e. The molecule has 0 aromatic heterocycles. The highest BCUT2D eigenvalue weighted by Crippen LogP contribution is 2.20. The maximum Gasteiger partial charge on any atom is 0.0678 e. The van der Waals surface area contributed by atoms with Crippen molar-refractivity contribution < 1.29 is 4.74 Å². The summed E-state index contributed by atoms with van der Waals surface area (Å²) >= 11 is 0. The number of ether oxygens (including phenoxy) is 1. The predicted octanol–water partition coefficient (Wildman–Crippen LogP) is 2.33. The molecule has 0 heterocycles. The van der Waals surface area contributed by atoms with Crippen LogP contribution in [-0.2, 0) is 4.74 Å². The average molecular weight is 185 g/mol. The summed E-state index contributed by atoms with van der Waals surface area (Å²) in [6.45, 7) is 9.61. The van der Waals surface area contributed by atoms with Crippen LogP contribution in [0.1, 0.15) is 47.0 Å². The van der Waals surface area contributed by atoms with Crippen molar-refractivity contribution in [1.82, 2.24) is 5.32 Å². The monoisotopic (exact) mass is 185 g/mol. The van der Waals surface area contributed by atoms with Gasteiger partial charge in [0.1, 0.15) is 0 Å². The Balaban J connectivity index is 2.11. The van der Waals surface area contributed by atoms with E-state index in [-0.39, 0.29) is 5.60 Å². The van der Waals surface area contributed by atoms with E-state index >= 15 is 0 Å². The van der Waals surface area contributed by atoms with Gasteiger partial charge in [-0.1, -0.05) is 6.92 Å². The molecule has 0 amide bonds. The SMILES string of the molecule is CCC(C)(C)OC(C)CNC1CC1. The lowest BCUT2D eigenvalue weighted by molar-refractivity contribution is -0.0642. The zero-order valence-electron chi connectivity index (χ0n) is 9.39. The fraction of sp³-hybridized carbons (Fsp3) is 1.00. The lowest BCUT2D eigenvalue weighted by Gasteiger charge is -2.28. The zero-order valence-corrected chi connectivity index (χ0v) is 9.39. The maximum atomic E-state index is 5.90. The quantitative estimate of drug-likeness (QED) is 0.685. The van der Waals surface area contributed by atoms with Gasteiger partial charge in [-0.15, -0.1) is 0 Å². The summed E-state index contributed by atoms with van der Waals surface area (Å²) in [5.74, 6) is 0. The predicted molar refractivity (Wildman–Crippen MR) is 55.9 cm³/mol. The molecule has 1 unspecified atom stereocenters. The van der Waals surface area contributed by atoms with Crippen LogP contribution in [-0.4, -0.2) is 24.3 Å². The molecule has 2 heteroatoms. The molecule has 0 aromatic carbocycles. The summed E-state index contributed by atoms with van der Waals surface area (Å²) in [6.07, 6.45) is 4.10. The maximum absolute atomic E-state index is 5.90. The molecule has 2 nitrogen and oxygen atoms in total. The van der Waals surface area contributed by atoms with Crippen LogP contribution in [0.2, 0.25) is 0 Å². The van der Waals surface area contributed by atoms with E-state index in [0.29, 0.717) is 6.10 Å². The standard InChI is InChI=1S/C11H23NO/c1-5-11(3,4)13-9(2)8-12-10-6-7-10/h9-10,12H,5-8H2,1-4H3. The first-order valence-corrected chi connectivity index (χ1v) is 5.44. The van der Waals surface area contributed by atoms with E-state index < -0.39 is 0 Å². The van der Waals surface area contributed by atoms with E-state index in [4.69, 9.17) is 4.74 Å². The topological polar surface area (TPSA) is 21.3 Å². The van der Waals surface area contributed by atoms with Crippen LogP contribution >= 0.6 is 0 Å². The van der Waals surface area contributed by atoms with Crippen LogP contribution in [0.15, 0.2) is 0 Å². The minimum absolute atomic E-state index is 0.0324. The first-order valence-electron chi connectivity index (χ1n) is 5.44. The summed E-state index contributed by atoms with van der Waals surface area (Å²) in [5.41, 5.74) is 0.0324. The van der Waals surface area contributed by atoms with Crippen molar-refractivity contribution >= 4 is 0 Å². The Morgan fingerprint density at radius 2 is 2.08 bits per heavy atom. The van der Waals surface area contributed by atoms with Crippen molar-refractivity contribution in [2.24, 2.45) is 0 Å². The molecule has 0 spiro atoms. The molecule has 1 aliphatic rings. The second-order valence-corrected chi connectivity index (χ2v) is 4.72. The Labute approximate surface area is 82.0 Å². The van der Waals surface area contributed by atoms with Gasteiger partial charge < -0.3 is 10.1 Å². The second kappa shape index (κ2) is 4.43. The third kappa shape index (κ3) is 4.63. The molecule has 0 bridgehead atoms. The van der Waals surface area contributed by atoms with Gasteiger partial charge in [0, 0.05) is 12.6 Å². The molecular formula is C11H23NO. The molecule has 1 aliphatic carbocycles. The molecule has 0 saturated heterocycles. The van der Waals surface area contributed by atoms with E-state index in [1.54, 1.807) is 0 Å². The summed E-state index contributed by atoms with van der Waals surface area (Å²) < 4.78 is 5.90. The van der Waals surface area contributed by atoms with Gasteiger partial charge in [0.25, 0.3) is 0 Å². The van der Waals surface area contributed by atoms with Crippen LogP contribution < -0.4 is 5.32 Å².